The van der Waals surface area contributed by atoms with Gasteiger partial charge in [0.25, 0.3) is 0 Å². The van der Waals surface area contributed by atoms with Gasteiger partial charge in [0, 0.05) is 16.1 Å². The first-order chi connectivity index (χ1) is 14.5. The van der Waals surface area contributed by atoms with E-state index in [0.717, 1.165) is 46.5 Å². The van der Waals surface area contributed by atoms with Crippen LogP contribution in [0.2, 0.25) is 5.02 Å². The van der Waals surface area contributed by atoms with Crippen molar-refractivity contribution in [2.24, 2.45) is 5.41 Å². The molecule has 1 saturated carbocycles. The molecule has 0 radical (unpaired) electrons. The highest BCUT2D eigenvalue weighted by molar-refractivity contribution is 6.30. The molecule has 1 fully saturated rings. The average molecular weight is 434 g/mol. The maximum atomic E-state index is 14.0. The molecular formula is C26H28ClN3O. The zero-order chi connectivity index (χ0) is 22.3. The molecule has 160 valence electrons. The summed E-state index contributed by atoms with van der Waals surface area (Å²) in [6.07, 6.45) is 1.69. The number of amides is 1. The Labute approximate surface area is 188 Å². The fourth-order valence-electron chi connectivity index (χ4n) is 5.86. The Morgan fingerprint density at radius 2 is 1.52 bits per heavy atom. The zero-order valence-corrected chi connectivity index (χ0v) is 19.7. The lowest BCUT2D eigenvalue weighted by Gasteiger charge is -2.39. The number of aromatic nitrogens is 2. The maximum absolute atomic E-state index is 14.0. The van der Waals surface area contributed by atoms with Gasteiger partial charge >= 0.3 is 0 Å². The van der Waals surface area contributed by atoms with Gasteiger partial charge in [0.05, 0.1) is 27.8 Å². The zero-order valence-electron chi connectivity index (χ0n) is 19.0. The second-order valence-electron chi connectivity index (χ2n) is 10.1. The van der Waals surface area contributed by atoms with Crippen LogP contribution in [0.5, 0.6) is 0 Å². The summed E-state index contributed by atoms with van der Waals surface area (Å²) in [4.78, 5) is 24.2. The van der Waals surface area contributed by atoms with Crippen LogP contribution in [0.1, 0.15) is 61.7 Å². The van der Waals surface area contributed by atoms with Gasteiger partial charge in [0.15, 0.2) is 0 Å². The number of anilines is 1. The Bertz CT molecular complexity index is 1280. The van der Waals surface area contributed by atoms with Crippen LogP contribution in [0.15, 0.2) is 30.3 Å². The molecule has 2 aliphatic rings. The van der Waals surface area contributed by atoms with E-state index in [0.29, 0.717) is 5.02 Å². The number of benzene rings is 2. The number of carbonyl (C=O) groups excluding carboxylic acids is 1. The van der Waals surface area contributed by atoms with E-state index < -0.39 is 5.41 Å². The van der Waals surface area contributed by atoms with Gasteiger partial charge in [-0.2, -0.15) is 0 Å². The molecule has 4 nitrogen and oxygen atoms in total. The Hall–Kier alpha value is -2.46. The molecule has 2 atom stereocenters. The fraction of sp³-hybridized carbons (Fsp3) is 0.423. The molecule has 1 N–H and O–H groups in total. The number of nitrogens with one attached hydrogen (secondary N) is 1. The minimum Gasteiger partial charge on any atom is -0.325 e. The van der Waals surface area contributed by atoms with Gasteiger partial charge in [0.2, 0.25) is 5.91 Å². The molecule has 2 aliphatic carbocycles. The number of nitrogens with zero attached hydrogens (tertiary/aromatic N) is 2. The van der Waals surface area contributed by atoms with Crippen molar-refractivity contribution in [3.63, 3.8) is 0 Å². The highest BCUT2D eigenvalue weighted by atomic mass is 35.5. The third kappa shape index (κ3) is 2.46. The molecule has 2 bridgehead atoms. The molecule has 0 aliphatic heterocycles. The van der Waals surface area contributed by atoms with E-state index in [4.69, 9.17) is 21.6 Å². The fourth-order valence-corrected chi connectivity index (χ4v) is 6.08. The van der Waals surface area contributed by atoms with Gasteiger partial charge in [0.1, 0.15) is 0 Å². The van der Waals surface area contributed by atoms with E-state index in [1.165, 1.54) is 11.1 Å². The van der Waals surface area contributed by atoms with Crippen molar-refractivity contribution < 1.29 is 4.79 Å². The van der Waals surface area contributed by atoms with Crippen LogP contribution in [0.3, 0.4) is 0 Å². The monoisotopic (exact) mass is 433 g/mol. The number of hydrogen-bond donors (Lipinski definition) is 1. The summed E-state index contributed by atoms with van der Waals surface area (Å²) in [6.45, 7) is 12.8. The Morgan fingerprint density at radius 3 is 2.13 bits per heavy atom. The highest BCUT2D eigenvalue weighted by Gasteiger charge is 2.73. The smallest absolute Gasteiger partial charge is 0.237 e. The van der Waals surface area contributed by atoms with Crippen molar-refractivity contribution in [3.05, 3.63) is 63.4 Å². The van der Waals surface area contributed by atoms with Gasteiger partial charge in [-0.25, -0.2) is 9.97 Å². The Morgan fingerprint density at radius 1 is 0.903 bits per heavy atom. The van der Waals surface area contributed by atoms with Crippen LogP contribution in [-0.2, 0) is 15.6 Å². The molecule has 1 aromatic heterocycles. The lowest BCUT2D eigenvalue weighted by molar-refractivity contribution is -0.125. The van der Waals surface area contributed by atoms with Crippen LogP contribution < -0.4 is 5.32 Å². The van der Waals surface area contributed by atoms with Crippen molar-refractivity contribution in [2.45, 2.75) is 65.2 Å². The molecule has 3 aromatic rings. The molecule has 5 rings (SSSR count). The topological polar surface area (TPSA) is 54.9 Å². The van der Waals surface area contributed by atoms with E-state index in [9.17, 15) is 4.79 Å². The second kappa shape index (κ2) is 6.29. The summed E-state index contributed by atoms with van der Waals surface area (Å²) in [5.41, 5.74) is 6.52. The summed E-state index contributed by atoms with van der Waals surface area (Å²) in [7, 11) is 0. The van der Waals surface area contributed by atoms with Crippen molar-refractivity contribution in [2.75, 3.05) is 5.32 Å². The number of carbonyl (C=O) groups is 1. The molecule has 1 amide bonds. The third-order valence-electron chi connectivity index (χ3n) is 8.48. The van der Waals surface area contributed by atoms with E-state index in [2.05, 4.69) is 52.1 Å². The van der Waals surface area contributed by atoms with Gasteiger partial charge in [-0.3, -0.25) is 4.79 Å². The SMILES string of the molecule is Cc1cc2nc3c(nc2cc1C)C1(C(=O)Nc2ccc(Cl)cc2C)CCC3(C)C1(C)C. The van der Waals surface area contributed by atoms with Crippen molar-refractivity contribution in [3.8, 4) is 0 Å². The summed E-state index contributed by atoms with van der Waals surface area (Å²) in [5, 5.41) is 3.88. The van der Waals surface area contributed by atoms with E-state index in [1.807, 2.05) is 25.1 Å². The van der Waals surface area contributed by atoms with Crippen molar-refractivity contribution >= 4 is 34.2 Å². The predicted molar refractivity (Wildman–Crippen MR) is 126 cm³/mol. The van der Waals surface area contributed by atoms with Gasteiger partial charge in [-0.1, -0.05) is 32.4 Å². The van der Waals surface area contributed by atoms with Crippen LogP contribution in [0.25, 0.3) is 11.0 Å². The van der Waals surface area contributed by atoms with Gasteiger partial charge in [-0.05, 0) is 86.1 Å². The van der Waals surface area contributed by atoms with Crippen LogP contribution >= 0.6 is 11.6 Å². The van der Waals surface area contributed by atoms with Crippen LogP contribution in [0, 0.1) is 26.2 Å². The van der Waals surface area contributed by atoms with E-state index >= 15 is 0 Å². The lowest BCUT2D eigenvalue weighted by Crippen LogP contribution is -2.48. The number of halogens is 1. The molecular weight excluding hydrogens is 406 g/mol. The first-order valence-electron chi connectivity index (χ1n) is 10.9. The summed E-state index contributed by atoms with van der Waals surface area (Å²) in [6, 6.07) is 9.77. The average Bonchev–Trinajstić information content (AvgIpc) is 2.99. The maximum Gasteiger partial charge on any atom is 0.237 e. The molecule has 2 unspecified atom stereocenters. The standard InChI is InChI=1S/C26H28ClN3O/c1-14-12-19-20(13-15(14)2)29-22-21(28-19)25(6)9-10-26(22,24(25,4)5)23(31)30-18-8-7-17(27)11-16(18)3/h7-8,11-13H,9-10H2,1-6H3,(H,30,31). The van der Waals surface area contributed by atoms with E-state index in [-0.39, 0.29) is 16.7 Å². The molecule has 5 heteroatoms. The number of aryl methyl sites for hydroxylation is 3. The van der Waals surface area contributed by atoms with E-state index in [1.54, 1.807) is 0 Å². The Balaban J connectivity index is 1.71. The first-order valence-corrected chi connectivity index (χ1v) is 11.3. The molecule has 1 heterocycles. The summed E-state index contributed by atoms with van der Waals surface area (Å²) >= 11 is 6.12. The van der Waals surface area contributed by atoms with Crippen molar-refractivity contribution in [1.29, 1.82) is 0 Å². The first kappa shape index (κ1) is 20.4. The second-order valence-corrected chi connectivity index (χ2v) is 10.6. The van der Waals surface area contributed by atoms with Crippen LogP contribution in [0.4, 0.5) is 5.69 Å². The van der Waals surface area contributed by atoms with Gasteiger partial charge < -0.3 is 5.32 Å². The molecule has 0 saturated heterocycles. The Kier molecular flexibility index (Phi) is 4.15. The minimum atomic E-state index is -0.719. The van der Waals surface area contributed by atoms with Gasteiger partial charge in [-0.15, -0.1) is 0 Å². The number of hydrogen-bond acceptors (Lipinski definition) is 3. The highest BCUT2D eigenvalue weighted by Crippen LogP contribution is 2.70. The number of rotatable bonds is 2. The minimum absolute atomic E-state index is 0.00267. The molecule has 2 aromatic carbocycles. The molecule has 31 heavy (non-hydrogen) atoms. The normalized spacial score (nSPS) is 25.6. The van der Waals surface area contributed by atoms with Crippen LogP contribution in [-0.4, -0.2) is 15.9 Å². The molecule has 0 spiro atoms. The lowest BCUT2D eigenvalue weighted by atomic mass is 9.63. The largest absolute Gasteiger partial charge is 0.325 e. The predicted octanol–water partition coefficient (Wildman–Crippen LogP) is 6.18. The summed E-state index contributed by atoms with van der Waals surface area (Å²) < 4.78 is 0. The third-order valence-corrected chi connectivity index (χ3v) is 8.71. The quantitative estimate of drug-likeness (QED) is 0.525. The number of fused-ring (bicyclic) bond motifs is 6. The summed E-state index contributed by atoms with van der Waals surface area (Å²) in [5.74, 6) is 0.00267. The van der Waals surface area contributed by atoms with Crippen molar-refractivity contribution in [1.82, 2.24) is 9.97 Å².